The van der Waals surface area contributed by atoms with E-state index >= 15 is 0 Å². The van der Waals surface area contributed by atoms with E-state index < -0.39 is 0 Å². The van der Waals surface area contributed by atoms with Crippen molar-refractivity contribution in [3.63, 3.8) is 0 Å². The third-order valence-electron chi connectivity index (χ3n) is 4.81. The van der Waals surface area contributed by atoms with Crippen LogP contribution in [0.1, 0.15) is 25.3 Å². The maximum Gasteiger partial charge on any atom is 0.200 e. The number of ether oxygens (including phenoxy) is 1. The van der Waals surface area contributed by atoms with Gasteiger partial charge < -0.3 is 24.6 Å². The summed E-state index contributed by atoms with van der Waals surface area (Å²) in [5.74, 6) is 0.919. The second kappa shape index (κ2) is 9.98. The van der Waals surface area contributed by atoms with Gasteiger partial charge in [0, 0.05) is 29.6 Å². The predicted octanol–water partition coefficient (Wildman–Crippen LogP) is 3.68. The van der Waals surface area contributed by atoms with Gasteiger partial charge in [0.05, 0.1) is 24.0 Å². The van der Waals surface area contributed by atoms with Gasteiger partial charge in [-0.05, 0) is 48.0 Å². The second-order valence-corrected chi connectivity index (χ2v) is 7.51. The molecule has 31 heavy (non-hydrogen) atoms. The zero-order valence-corrected chi connectivity index (χ0v) is 19.3. The van der Waals surface area contributed by atoms with Crippen molar-refractivity contribution in [3.8, 4) is 34.3 Å². The number of nitrogens with zero attached hydrogens (tertiary/aromatic N) is 3. The Kier molecular flexibility index (Phi) is 7.87. The predicted molar refractivity (Wildman–Crippen MR) is 117 cm³/mol. The van der Waals surface area contributed by atoms with E-state index in [1.807, 2.05) is 26.2 Å². The van der Waals surface area contributed by atoms with Gasteiger partial charge >= 0.3 is 0 Å². The SMILES string of the molecule is COc1ccc(-n2c(-c3cc(C(C)C)c(O)cc3O)n[nH]c2=S)cc1N(C)C[C-]=O.[Ni]. The number of phenols is 2. The molecular formula is C21H23N4NiO4S-. The van der Waals surface area contributed by atoms with Crippen molar-refractivity contribution < 1.29 is 36.2 Å². The Bertz CT molecular complexity index is 1140. The Morgan fingerprint density at radius 3 is 2.58 bits per heavy atom. The Morgan fingerprint density at radius 1 is 1.26 bits per heavy atom. The van der Waals surface area contributed by atoms with Gasteiger partial charge in [0.1, 0.15) is 17.2 Å². The van der Waals surface area contributed by atoms with Crippen LogP contribution in [0.3, 0.4) is 0 Å². The first-order chi connectivity index (χ1) is 14.3. The number of aromatic nitrogens is 3. The molecule has 10 heteroatoms. The van der Waals surface area contributed by atoms with Gasteiger partial charge in [-0.3, -0.25) is 9.67 Å². The third-order valence-corrected chi connectivity index (χ3v) is 5.09. The number of hydrogen-bond donors (Lipinski definition) is 3. The molecule has 0 spiro atoms. The maximum absolute atomic E-state index is 10.9. The number of nitrogens with one attached hydrogen (secondary N) is 1. The number of phenolic OH excluding ortho intramolecular Hbond substituents is 2. The first-order valence-electron chi connectivity index (χ1n) is 9.26. The van der Waals surface area contributed by atoms with Crippen LogP contribution < -0.4 is 9.64 Å². The van der Waals surface area contributed by atoms with Crippen molar-refractivity contribution >= 4 is 24.2 Å². The third kappa shape index (κ3) is 4.75. The fourth-order valence-corrected chi connectivity index (χ4v) is 3.49. The number of likely N-dealkylation sites (N-methyl/N-ethyl adjacent to an activating group) is 1. The average Bonchev–Trinajstić information content (AvgIpc) is 3.08. The van der Waals surface area contributed by atoms with Gasteiger partial charge in [-0.15, -0.1) is 0 Å². The minimum absolute atomic E-state index is 0. The summed E-state index contributed by atoms with van der Waals surface area (Å²) in [4.78, 5) is 12.6. The van der Waals surface area contributed by atoms with Crippen molar-refractivity contribution in [2.75, 3.05) is 25.6 Å². The molecular weight excluding hydrogens is 463 g/mol. The fourth-order valence-electron chi connectivity index (χ4n) is 3.25. The quantitative estimate of drug-likeness (QED) is 0.266. The molecule has 8 nitrogen and oxygen atoms in total. The van der Waals surface area contributed by atoms with Crippen LogP contribution in [0.4, 0.5) is 5.69 Å². The van der Waals surface area contributed by atoms with E-state index in [-0.39, 0.29) is 40.5 Å². The van der Waals surface area contributed by atoms with Gasteiger partial charge in [0.15, 0.2) is 10.6 Å². The molecule has 1 heterocycles. The van der Waals surface area contributed by atoms with E-state index in [2.05, 4.69) is 10.2 Å². The standard InChI is InChI=1S/C21H23N4O4S.Ni/c1-12(2)14-10-15(18(28)11-17(14)27)20-22-23-21(30)25(20)13-5-6-19(29-4)16(9-13)24(3)7-8-26;/h5-6,9-12,27-28H,7H2,1-4H3,(H,23,30);/q-1;. The van der Waals surface area contributed by atoms with Crippen LogP contribution >= 0.6 is 12.2 Å². The molecule has 0 aliphatic carbocycles. The second-order valence-electron chi connectivity index (χ2n) is 7.13. The van der Waals surface area contributed by atoms with Crippen LogP contribution in [-0.4, -0.2) is 52.0 Å². The molecule has 0 saturated carbocycles. The van der Waals surface area contributed by atoms with Crippen LogP contribution in [0.2, 0.25) is 0 Å². The Labute approximate surface area is 195 Å². The smallest absolute Gasteiger partial charge is 0.200 e. The van der Waals surface area contributed by atoms with Crippen LogP contribution in [0.15, 0.2) is 30.3 Å². The van der Waals surface area contributed by atoms with E-state index in [0.29, 0.717) is 38.8 Å². The van der Waals surface area contributed by atoms with Gasteiger partial charge in [-0.2, -0.15) is 5.10 Å². The van der Waals surface area contributed by atoms with Crippen molar-refractivity contribution in [1.82, 2.24) is 14.8 Å². The summed E-state index contributed by atoms with van der Waals surface area (Å²) < 4.78 is 7.40. The summed E-state index contributed by atoms with van der Waals surface area (Å²) in [6.45, 7) is 3.96. The Balaban J connectivity index is 0.00000341. The average molecular weight is 486 g/mol. The zero-order valence-electron chi connectivity index (χ0n) is 17.4. The first kappa shape index (κ1) is 24.4. The molecule has 1 aromatic heterocycles. The molecule has 168 valence electrons. The largest absolute Gasteiger partial charge is 0.540 e. The summed E-state index contributed by atoms with van der Waals surface area (Å²) in [7, 11) is 3.30. The molecule has 0 bridgehead atoms. The Hall–Kier alpha value is -2.84. The molecule has 0 atom stereocenters. The zero-order chi connectivity index (χ0) is 22.0. The number of H-pyrrole nitrogens is 1. The molecule has 2 aromatic carbocycles. The van der Waals surface area contributed by atoms with Gasteiger partial charge in [0.2, 0.25) is 0 Å². The number of anilines is 1. The van der Waals surface area contributed by atoms with Crippen molar-refractivity contribution in [2.45, 2.75) is 19.8 Å². The summed E-state index contributed by atoms with van der Waals surface area (Å²) in [6.07, 6.45) is 1.87. The Morgan fingerprint density at radius 2 is 1.97 bits per heavy atom. The number of methoxy groups -OCH3 is 1. The fraction of sp³-hybridized carbons (Fsp3) is 0.286. The molecule has 0 saturated heterocycles. The van der Waals surface area contributed by atoms with Crippen LogP contribution in [-0.2, 0) is 21.3 Å². The van der Waals surface area contributed by atoms with Crippen molar-refractivity contribution in [1.29, 1.82) is 0 Å². The number of carbonyl (C=O) groups excluding carboxylic acids is 1. The summed E-state index contributed by atoms with van der Waals surface area (Å²) in [6, 6.07) is 8.39. The number of rotatable bonds is 7. The van der Waals surface area contributed by atoms with Gasteiger partial charge in [-0.25, -0.2) is 6.29 Å². The number of benzene rings is 2. The van der Waals surface area contributed by atoms with Crippen LogP contribution in [0, 0.1) is 4.77 Å². The molecule has 0 aliphatic rings. The van der Waals surface area contributed by atoms with Crippen molar-refractivity contribution in [2.24, 2.45) is 0 Å². The molecule has 0 amide bonds. The monoisotopic (exact) mass is 485 g/mol. The minimum atomic E-state index is -0.117. The summed E-state index contributed by atoms with van der Waals surface area (Å²) in [5, 5.41) is 27.7. The van der Waals surface area contributed by atoms with E-state index in [4.69, 9.17) is 17.0 Å². The number of aromatic hydroxyl groups is 2. The normalized spacial score (nSPS) is 10.6. The minimum Gasteiger partial charge on any atom is -0.540 e. The molecule has 0 unspecified atom stereocenters. The first-order valence-corrected chi connectivity index (χ1v) is 9.67. The van der Waals surface area contributed by atoms with E-state index in [1.165, 1.54) is 6.07 Å². The number of aromatic amines is 1. The van der Waals surface area contributed by atoms with Gasteiger partial charge in [-0.1, -0.05) is 20.4 Å². The van der Waals surface area contributed by atoms with Crippen LogP contribution in [0.5, 0.6) is 17.2 Å². The van der Waals surface area contributed by atoms with Gasteiger partial charge in [0.25, 0.3) is 0 Å². The number of hydrogen-bond acceptors (Lipinski definition) is 7. The topological polar surface area (TPSA) is 104 Å². The van der Waals surface area contributed by atoms with E-state index in [0.717, 1.165) is 0 Å². The molecule has 3 N–H and O–H groups in total. The maximum atomic E-state index is 10.9. The van der Waals surface area contributed by atoms with E-state index in [9.17, 15) is 15.0 Å². The molecule has 0 aliphatic heterocycles. The van der Waals surface area contributed by atoms with Crippen molar-refractivity contribution in [3.05, 3.63) is 40.7 Å². The summed E-state index contributed by atoms with van der Waals surface area (Å²) in [5.41, 5.74) is 2.44. The molecule has 0 radical (unpaired) electrons. The molecule has 0 fully saturated rings. The van der Waals surface area contributed by atoms with Crippen LogP contribution in [0.25, 0.3) is 17.1 Å². The molecule has 3 aromatic rings. The molecule has 3 rings (SSSR count). The summed E-state index contributed by atoms with van der Waals surface area (Å²) >= 11 is 5.44. The van der Waals surface area contributed by atoms with E-state index in [1.54, 1.807) is 41.8 Å².